The summed E-state index contributed by atoms with van der Waals surface area (Å²) in [4.78, 5) is 1.23. The van der Waals surface area contributed by atoms with E-state index in [4.69, 9.17) is 49.5 Å². The van der Waals surface area contributed by atoms with E-state index in [1.165, 1.54) is 33.6 Å². The Balaban J connectivity index is 1.02. The summed E-state index contributed by atoms with van der Waals surface area (Å²) in [6, 6.07) is 13.8. The fourth-order valence-electron chi connectivity index (χ4n) is 7.11. The van der Waals surface area contributed by atoms with Crippen molar-refractivity contribution < 1.29 is 37.9 Å². The summed E-state index contributed by atoms with van der Waals surface area (Å²) in [6.45, 7) is 9.91. The molecule has 2 aromatic carbocycles. The molecule has 1 saturated carbocycles. The van der Waals surface area contributed by atoms with E-state index >= 15 is 0 Å². The average Bonchev–Trinajstić information content (AvgIpc) is 3.82. The number of hydrogen-bond acceptors (Lipinski definition) is 10. The molecule has 0 bridgehead atoms. The molecule has 2 unspecified atom stereocenters. The van der Waals surface area contributed by atoms with Crippen molar-refractivity contribution in [1.82, 2.24) is 0 Å². The molecule has 0 N–H and O–H groups in total. The predicted octanol–water partition coefficient (Wildman–Crippen LogP) is 8.20. The molecule has 3 aliphatic heterocycles. The van der Waals surface area contributed by atoms with E-state index < -0.39 is 0 Å². The zero-order chi connectivity index (χ0) is 34.4. The summed E-state index contributed by atoms with van der Waals surface area (Å²) in [5, 5.41) is 0. The Hall–Kier alpha value is -2.57. The van der Waals surface area contributed by atoms with Crippen LogP contribution in [-0.4, -0.2) is 88.8 Å². The molecule has 0 amide bonds. The number of thioether (sulfide) groups is 2. The molecular weight excluding hydrogens is 696 g/mol. The third kappa shape index (κ3) is 7.63. The van der Waals surface area contributed by atoms with Gasteiger partial charge in [0.2, 0.25) is 0 Å². The lowest BCUT2D eigenvalue weighted by Gasteiger charge is -2.46. The number of para-hydroxylation sites is 2. The lowest BCUT2D eigenvalue weighted by molar-refractivity contribution is 0.0223. The first-order valence-corrected chi connectivity index (χ1v) is 19.5. The van der Waals surface area contributed by atoms with Gasteiger partial charge in [0.1, 0.15) is 26.4 Å². The Morgan fingerprint density at radius 3 is 1.56 bits per heavy atom. The highest BCUT2D eigenvalue weighted by atomic mass is 35.5. The minimum atomic E-state index is -0.133. The maximum absolute atomic E-state index is 6.71. The molecule has 3 heterocycles. The fraction of sp³-hybridized carbons (Fsp3) is 0.487. The van der Waals surface area contributed by atoms with E-state index in [0.717, 1.165) is 22.8 Å². The van der Waals surface area contributed by atoms with Crippen molar-refractivity contribution in [3.05, 3.63) is 86.8 Å². The number of ether oxygens (including phenoxy) is 8. The second kappa shape index (κ2) is 16.4. The van der Waals surface area contributed by atoms with Gasteiger partial charge >= 0.3 is 0 Å². The fourth-order valence-corrected chi connectivity index (χ4v) is 10.6. The number of benzene rings is 2. The summed E-state index contributed by atoms with van der Waals surface area (Å²) in [5.41, 5.74) is 7.00. The van der Waals surface area contributed by atoms with Crippen LogP contribution in [0.15, 0.2) is 81.3 Å². The quantitative estimate of drug-likeness (QED) is 0.286. The highest BCUT2D eigenvalue weighted by molar-refractivity contribution is 8.12. The predicted molar refractivity (Wildman–Crippen MR) is 200 cm³/mol. The van der Waals surface area contributed by atoms with Crippen molar-refractivity contribution in [2.45, 2.75) is 42.6 Å². The molecule has 11 heteroatoms. The van der Waals surface area contributed by atoms with Gasteiger partial charge in [-0.1, -0.05) is 23.7 Å². The largest absolute Gasteiger partial charge is 0.487 e. The molecule has 0 saturated heterocycles. The smallest absolute Gasteiger partial charge is 0.161 e. The van der Waals surface area contributed by atoms with Crippen LogP contribution in [0.4, 0.5) is 0 Å². The minimum Gasteiger partial charge on any atom is -0.487 e. The molecule has 0 aromatic heterocycles. The third-order valence-electron chi connectivity index (χ3n) is 9.72. The minimum absolute atomic E-state index is 0.123. The third-order valence-corrected chi connectivity index (χ3v) is 13.1. The lowest BCUT2D eigenvalue weighted by Crippen LogP contribution is -2.47. The first-order valence-electron chi connectivity index (χ1n) is 17.5. The van der Waals surface area contributed by atoms with E-state index in [1.807, 2.05) is 42.1 Å². The Morgan fingerprint density at radius 1 is 0.540 bits per heavy atom. The molecule has 7 rings (SSSR count). The maximum atomic E-state index is 6.71. The van der Waals surface area contributed by atoms with Gasteiger partial charge in [-0.15, -0.1) is 23.5 Å². The van der Waals surface area contributed by atoms with E-state index in [9.17, 15) is 0 Å². The van der Waals surface area contributed by atoms with Crippen molar-refractivity contribution in [3.63, 3.8) is 0 Å². The maximum Gasteiger partial charge on any atom is 0.161 e. The number of hydrogen-bond donors (Lipinski definition) is 0. The SMILES string of the molecule is CC12SC(Cl)=CC1=C1CCCC1=C1C=C(c3ccc4c(c3)OCCOCCOCCOc3ccccc3OCCOCCOCCO4)SC12C. The average molecular weight is 741 g/mol. The lowest BCUT2D eigenvalue weighted by atomic mass is 9.72. The summed E-state index contributed by atoms with van der Waals surface area (Å²) in [7, 11) is 0. The molecule has 2 atom stereocenters. The van der Waals surface area contributed by atoms with Gasteiger partial charge in [-0.05, 0) is 103 Å². The molecule has 0 radical (unpaired) electrons. The second-order valence-corrected chi connectivity index (χ2v) is 16.4. The van der Waals surface area contributed by atoms with Crippen molar-refractivity contribution in [2.24, 2.45) is 0 Å². The van der Waals surface area contributed by atoms with Crippen LogP contribution in [0.3, 0.4) is 0 Å². The Kier molecular flexibility index (Phi) is 11.8. The Labute approximate surface area is 308 Å². The normalized spacial score (nSPS) is 27.1. The Morgan fingerprint density at radius 2 is 1.00 bits per heavy atom. The summed E-state index contributed by atoms with van der Waals surface area (Å²) in [5.74, 6) is 2.72. The monoisotopic (exact) mass is 740 g/mol. The van der Waals surface area contributed by atoms with Crippen LogP contribution in [-0.2, 0) is 18.9 Å². The van der Waals surface area contributed by atoms with Crippen LogP contribution in [0, 0.1) is 0 Å². The van der Waals surface area contributed by atoms with Gasteiger partial charge in [0.25, 0.3) is 0 Å². The van der Waals surface area contributed by atoms with Gasteiger partial charge in [-0.25, -0.2) is 0 Å². The molecule has 0 spiro atoms. The number of rotatable bonds is 1. The van der Waals surface area contributed by atoms with Crippen LogP contribution in [0.2, 0.25) is 0 Å². The van der Waals surface area contributed by atoms with E-state index in [0.29, 0.717) is 102 Å². The van der Waals surface area contributed by atoms with Gasteiger partial charge in [0, 0.05) is 4.91 Å². The topological polar surface area (TPSA) is 73.8 Å². The molecule has 5 aliphatic rings. The zero-order valence-corrected chi connectivity index (χ0v) is 31.2. The standard InChI is InChI=1S/C39H45ClO8S2/c1-38-30(28-6-5-7-29(28)31-26-37(40)50-39(31,38)2)25-36(49-38)27-10-11-34-35(24-27)48-23-19-44-15-14-42-17-21-46-33-9-4-3-8-32(33)45-20-16-41-12-13-43-18-22-47-34/h3-4,8-11,24-26H,5-7,12-23H2,1-2H3. The summed E-state index contributed by atoms with van der Waals surface area (Å²) in [6.07, 6.45) is 8.08. The number of halogens is 1. The highest BCUT2D eigenvalue weighted by Crippen LogP contribution is 2.69. The van der Waals surface area contributed by atoms with E-state index in [2.05, 4.69) is 38.1 Å². The van der Waals surface area contributed by atoms with E-state index in [-0.39, 0.29) is 9.49 Å². The molecule has 8 nitrogen and oxygen atoms in total. The van der Waals surface area contributed by atoms with Crippen LogP contribution >= 0.6 is 35.1 Å². The van der Waals surface area contributed by atoms with Crippen LogP contribution < -0.4 is 18.9 Å². The van der Waals surface area contributed by atoms with E-state index in [1.54, 1.807) is 11.8 Å². The molecule has 1 fully saturated rings. The molecule has 2 aliphatic carbocycles. The van der Waals surface area contributed by atoms with Gasteiger partial charge in [-0.2, -0.15) is 0 Å². The first-order chi connectivity index (χ1) is 24.5. The summed E-state index contributed by atoms with van der Waals surface area (Å²) < 4.78 is 47.9. The molecule has 50 heavy (non-hydrogen) atoms. The molecule has 2 aromatic rings. The van der Waals surface area contributed by atoms with Crippen molar-refractivity contribution in [3.8, 4) is 23.0 Å². The van der Waals surface area contributed by atoms with Gasteiger partial charge in [0.15, 0.2) is 23.0 Å². The summed E-state index contributed by atoms with van der Waals surface area (Å²) >= 11 is 10.4. The molecular formula is C39H45ClO8S2. The van der Waals surface area contributed by atoms with Crippen LogP contribution in [0.5, 0.6) is 23.0 Å². The first kappa shape index (κ1) is 35.8. The second-order valence-electron chi connectivity index (χ2n) is 12.8. The zero-order valence-electron chi connectivity index (χ0n) is 28.8. The molecule has 268 valence electrons. The highest BCUT2D eigenvalue weighted by Gasteiger charge is 2.59. The number of fused-ring (bicyclic) bond motifs is 6. The van der Waals surface area contributed by atoms with Crippen molar-refractivity contribution in [1.29, 1.82) is 0 Å². The van der Waals surface area contributed by atoms with Crippen molar-refractivity contribution in [2.75, 3.05) is 79.3 Å². The van der Waals surface area contributed by atoms with Gasteiger partial charge in [0.05, 0.1) is 66.7 Å². The number of allylic oxidation sites excluding steroid dienone is 4. The van der Waals surface area contributed by atoms with Gasteiger partial charge < -0.3 is 37.9 Å². The Bertz CT molecular complexity index is 1670. The van der Waals surface area contributed by atoms with Crippen LogP contribution in [0.1, 0.15) is 38.7 Å². The van der Waals surface area contributed by atoms with Crippen LogP contribution in [0.25, 0.3) is 4.91 Å². The van der Waals surface area contributed by atoms with Crippen molar-refractivity contribution >= 4 is 40.0 Å². The van der Waals surface area contributed by atoms with Gasteiger partial charge in [-0.3, -0.25) is 0 Å².